The molecular formula is C18H24ClN3O2S. The first kappa shape index (κ1) is 18.6. The van der Waals surface area contributed by atoms with Gasteiger partial charge >= 0.3 is 0 Å². The molecule has 2 fully saturated rings. The molecule has 2 unspecified atom stereocenters. The van der Waals surface area contributed by atoms with Gasteiger partial charge in [0.1, 0.15) is 0 Å². The summed E-state index contributed by atoms with van der Waals surface area (Å²) >= 11 is 11.4. The second kappa shape index (κ2) is 6.50. The van der Waals surface area contributed by atoms with Gasteiger partial charge in [0.25, 0.3) is 5.91 Å². The maximum atomic E-state index is 12.4. The number of nitrogens with one attached hydrogen (secondary N) is 1. The van der Waals surface area contributed by atoms with Gasteiger partial charge in [-0.15, -0.1) is 0 Å². The van der Waals surface area contributed by atoms with Gasteiger partial charge in [0, 0.05) is 47.6 Å². The van der Waals surface area contributed by atoms with Crippen molar-refractivity contribution >= 4 is 34.8 Å². The van der Waals surface area contributed by atoms with Crippen molar-refractivity contribution < 1.29 is 9.90 Å². The van der Waals surface area contributed by atoms with Gasteiger partial charge < -0.3 is 14.9 Å². The molecule has 0 radical (unpaired) electrons. The van der Waals surface area contributed by atoms with Gasteiger partial charge in [-0.3, -0.25) is 10.1 Å². The second-order valence-corrected chi connectivity index (χ2v) is 8.83. The van der Waals surface area contributed by atoms with Crippen molar-refractivity contribution in [1.82, 2.24) is 15.1 Å². The molecule has 2 bridgehead atoms. The highest BCUT2D eigenvalue weighted by Crippen LogP contribution is 2.45. The summed E-state index contributed by atoms with van der Waals surface area (Å²) in [6.45, 7) is 7.01. The van der Waals surface area contributed by atoms with Crippen LogP contribution in [0.4, 0.5) is 0 Å². The van der Waals surface area contributed by atoms with E-state index in [0.29, 0.717) is 28.8 Å². The van der Waals surface area contributed by atoms with Crippen LogP contribution in [-0.4, -0.2) is 65.3 Å². The minimum absolute atomic E-state index is 0.245. The monoisotopic (exact) mass is 381 g/mol. The highest BCUT2D eigenvalue weighted by Gasteiger charge is 2.55. The maximum Gasteiger partial charge on any atom is 0.257 e. The number of hydrogen-bond acceptors (Lipinski definition) is 4. The van der Waals surface area contributed by atoms with E-state index >= 15 is 0 Å². The van der Waals surface area contributed by atoms with Crippen molar-refractivity contribution in [2.75, 3.05) is 33.2 Å². The summed E-state index contributed by atoms with van der Waals surface area (Å²) in [6, 6.07) is 6.71. The number of fused-ring (bicyclic) bond motifs is 2. The number of piperidine rings is 2. The van der Waals surface area contributed by atoms with Crippen molar-refractivity contribution in [3.63, 3.8) is 0 Å². The molecule has 2 atom stereocenters. The van der Waals surface area contributed by atoms with E-state index in [1.807, 2.05) is 4.90 Å². The average Bonchev–Trinajstić information content (AvgIpc) is 2.51. The quantitative estimate of drug-likeness (QED) is 0.728. The molecule has 2 N–H and O–H groups in total. The van der Waals surface area contributed by atoms with E-state index in [1.165, 1.54) is 0 Å². The lowest BCUT2D eigenvalue weighted by Crippen LogP contribution is -2.71. The Morgan fingerprint density at radius 3 is 2.24 bits per heavy atom. The maximum absolute atomic E-state index is 12.4. The predicted molar refractivity (Wildman–Crippen MR) is 103 cm³/mol. The fourth-order valence-corrected chi connectivity index (χ4v) is 4.85. The number of thiocarbonyl (C=S) groups is 1. The van der Waals surface area contributed by atoms with Gasteiger partial charge in [-0.25, -0.2) is 0 Å². The molecule has 3 rings (SSSR count). The SMILES string of the molecule is CN1CC2(C)CN(C(=S)NC(=O)c3ccc(Cl)cc3)CC(C)(C1)C2O. The van der Waals surface area contributed by atoms with Crippen LogP contribution in [0.25, 0.3) is 0 Å². The molecule has 136 valence electrons. The Morgan fingerprint density at radius 1 is 1.20 bits per heavy atom. The van der Waals surface area contributed by atoms with Gasteiger partial charge in [-0.1, -0.05) is 25.4 Å². The number of rotatable bonds is 1. The third-order valence-electron chi connectivity index (χ3n) is 5.30. The third kappa shape index (κ3) is 3.53. The number of carbonyl (C=O) groups is 1. The Balaban J connectivity index is 1.73. The summed E-state index contributed by atoms with van der Waals surface area (Å²) in [6.07, 6.45) is -0.387. The van der Waals surface area contributed by atoms with E-state index in [-0.39, 0.29) is 22.8 Å². The van der Waals surface area contributed by atoms with E-state index in [4.69, 9.17) is 23.8 Å². The van der Waals surface area contributed by atoms with Crippen molar-refractivity contribution in [3.05, 3.63) is 34.9 Å². The molecule has 2 aliphatic rings. The van der Waals surface area contributed by atoms with E-state index in [9.17, 15) is 9.90 Å². The van der Waals surface area contributed by atoms with Crippen LogP contribution in [0.15, 0.2) is 24.3 Å². The number of hydrogen-bond donors (Lipinski definition) is 2. The van der Waals surface area contributed by atoms with Crippen LogP contribution in [0.1, 0.15) is 24.2 Å². The lowest BCUT2D eigenvalue weighted by molar-refractivity contribution is -0.157. The Morgan fingerprint density at radius 2 is 1.72 bits per heavy atom. The highest BCUT2D eigenvalue weighted by atomic mass is 35.5. The van der Waals surface area contributed by atoms with E-state index in [1.54, 1.807) is 24.3 Å². The highest BCUT2D eigenvalue weighted by molar-refractivity contribution is 7.80. The molecule has 0 aliphatic carbocycles. The van der Waals surface area contributed by atoms with Gasteiger partial charge in [0.15, 0.2) is 5.11 Å². The number of aliphatic hydroxyl groups is 1. The van der Waals surface area contributed by atoms with Crippen LogP contribution in [0.3, 0.4) is 0 Å². The molecule has 1 aromatic carbocycles. The number of amides is 1. The zero-order chi connectivity index (χ0) is 18.4. The molecule has 25 heavy (non-hydrogen) atoms. The van der Waals surface area contributed by atoms with Crippen LogP contribution in [0.2, 0.25) is 5.02 Å². The Labute approximate surface area is 158 Å². The number of carbonyl (C=O) groups excluding carboxylic acids is 1. The molecule has 5 nitrogen and oxygen atoms in total. The molecule has 0 spiro atoms. The molecule has 2 aliphatic heterocycles. The van der Waals surface area contributed by atoms with Crippen molar-refractivity contribution in [2.45, 2.75) is 20.0 Å². The molecule has 1 amide bonds. The van der Waals surface area contributed by atoms with E-state index in [0.717, 1.165) is 13.1 Å². The third-order valence-corrected chi connectivity index (χ3v) is 5.91. The van der Waals surface area contributed by atoms with Gasteiger partial charge in [0.05, 0.1) is 6.10 Å². The van der Waals surface area contributed by atoms with Crippen LogP contribution in [0, 0.1) is 10.8 Å². The van der Waals surface area contributed by atoms with E-state index < -0.39 is 0 Å². The van der Waals surface area contributed by atoms with Crippen LogP contribution >= 0.6 is 23.8 Å². The van der Waals surface area contributed by atoms with E-state index in [2.05, 4.69) is 31.1 Å². The molecule has 2 saturated heterocycles. The largest absolute Gasteiger partial charge is 0.392 e. The average molecular weight is 382 g/mol. The first-order chi connectivity index (χ1) is 11.6. The van der Waals surface area contributed by atoms with Gasteiger partial charge in [-0.2, -0.15) is 0 Å². The summed E-state index contributed by atoms with van der Waals surface area (Å²) in [5.41, 5.74) is -0.0504. The standard InChI is InChI=1S/C18H24ClN3O2S/c1-17-8-21(3)9-18(2,15(17)24)11-22(10-17)16(25)20-14(23)12-4-6-13(19)7-5-12/h4-7,15,24H,8-11H2,1-3H3,(H,20,23,25). The van der Waals surface area contributed by atoms with Crippen molar-refractivity contribution in [3.8, 4) is 0 Å². The Kier molecular flexibility index (Phi) is 4.83. The molecule has 0 saturated carbocycles. The smallest absolute Gasteiger partial charge is 0.257 e. The summed E-state index contributed by atoms with van der Waals surface area (Å²) < 4.78 is 0. The number of halogens is 1. The Bertz CT molecular complexity index is 676. The van der Waals surface area contributed by atoms with Crippen molar-refractivity contribution in [1.29, 1.82) is 0 Å². The second-order valence-electron chi connectivity index (χ2n) is 8.01. The molecular weight excluding hydrogens is 358 g/mol. The predicted octanol–water partition coefficient (Wildman–Crippen LogP) is 1.99. The summed E-state index contributed by atoms with van der Waals surface area (Å²) in [4.78, 5) is 16.7. The zero-order valence-corrected chi connectivity index (χ0v) is 16.3. The zero-order valence-electron chi connectivity index (χ0n) is 14.8. The van der Waals surface area contributed by atoms with Crippen LogP contribution in [-0.2, 0) is 0 Å². The number of likely N-dealkylation sites (tertiary alicyclic amines) is 2. The first-order valence-electron chi connectivity index (χ1n) is 8.35. The fraction of sp³-hybridized carbons (Fsp3) is 0.556. The number of benzene rings is 1. The lowest BCUT2D eigenvalue weighted by Gasteiger charge is -2.59. The number of nitrogens with zero attached hydrogens (tertiary/aromatic N) is 2. The molecule has 1 aromatic rings. The topological polar surface area (TPSA) is 55.8 Å². The Hall–Kier alpha value is -1.21. The van der Waals surface area contributed by atoms with Crippen molar-refractivity contribution in [2.24, 2.45) is 10.8 Å². The first-order valence-corrected chi connectivity index (χ1v) is 9.14. The molecule has 7 heteroatoms. The lowest BCUT2D eigenvalue weighted by atomic mass is 9.63. The summed E-state index contributed by atoms with van der Waals surface area (Å²) in [5, 5.41) is 14.6. The van der Waals surface area contributed by atoms with Crippen LogP contribution in [0.5, 0.6) is 0 Å². The minimum atomic E-state index is -0.387. The summed E-state index contributed by atoms with van der Waals surface area (Å²) in [7, 11) is 2.08. The molecule has 0 aromatic heterocycles. The molecule has 2 heterocycles. The van der Waals surface area contributed by atoms with Crippen LogP contribution < -0.4 is 5.32 Å². The summed E-state index contributed by atoms with van der Waals surface area (Å²) in [5.74, 6) is -0.245. The minimum Gasteiger partial charge on any atom is -0.392 e. The number of aliphatic hydroxyl groups excluding tert-OH is 1. The fourth-order valence-electron chi connectivity index (χ4n) is 4.50. The normalized spacial score (nSPS) is 32.4. The van der Waals surface area contributed by atoms with Gasteiger partial charge in [0.2, 0.25) is 0 Å². The van der Waals surface area contributed by atoms with Gasteiger partial charge in [-0.05, 0) is 43.5 Å².